The minimum atomic E-state index is -0.402. The average Bonchev–Trinajstić information content (AvgIpc) is 2.48. The fourth-order valence-corrected chi connectivity index (χ4v) is 3.59. The van der Waals surface area contributed by atoms with Gasteiger partial charge in [-0.25, -0.2) is 0 Å². The second-order valence-electron chi connectivity index (χ2n) is 6.35. The quantitative estimate of drug-likeness (QED) is 0.808. The molecule has 1 aromatic carbocycles. The summed E-state index contributed by atoms with van der Waals surface area (Å²) in [4.78, 5) is 0. The number of rotatable bonds is 7. The van der Waals surface area contributed by atoms with Crippen molar-refractivity contribution >= 4 is 0 Å². The Labute approximate surface area is 129 Å². The lowest BCUT2D eigenvalue weighted by Crippen LogP contribution is -2.40. The Balaban J connectivity index is 2.32. The van der Waals surface area contributed by atoms with Crippen molar-refractivity contribution in [3.05, 3.63) is 34.4 Å². The van der Waals surface area contributed by atoms with Crippen LogP contribution in [0.3, 0.4) is 0 Å². The number of hydrogen-bond acceptors (Lipinski definition) is 2. The largest absolute Gasteiger partial charge is 0.388 e. The first kappa shape index (κ1) is 16.5. The number of hydrogen-bond donors (Lipinski definition) is 1. The second-order valence-corrected chi connectivity index (χ2v) is 6.35. The fourth-order valence-electron chi connectivity index (χ4n) is 3.59. The van der Waals surface area contributed by atoms with Gasteiger partial charge in [0.05, 0.1) is 11.7 Å². The second kappa shape index (κ2) is 6.93. The smallest absolute Gasteiger partial charge is 0.0822 e. The number of benzene rings is 1. The number of aryl methyl sites for hydroxylation is 3. The van der Waals surface area contributed by atoms with Crippen molar-refractivity contribution in [2.45, 2.75) is 77.4 Å². The highest BCUT2D eigenvalue weighted by Crippen LogP contribution is 2.43. The summed E-state index contributed by atoms with van der Waals surface area (Å²) in [6, 6.07) is 4.55. The Bertz CT molecular complexity index is 444. The van der Waals surface area contributed by atoms with Gasteiger partial charge in [0.25, 0.3) is 0 Å². The molecule has 1 unspecified atom stereocenters. The van der Waals surface area contributed by atoms with E-state index in [9.17, 15) is 5.11 Å². The maximum atomic E-state index is 10.9. The summed E-state index contributed by atoms with van der Waals surface area (Å²) in [5.41, 5.74) is 5.08. The van der Waals surface area contributed by atoms with E-state index in [0.29, 0.717) is 0 Å². The van der Waals surface area contributed by atoms with Crippen LogP contribution < -0.4 is 0 Å². The Hall–Kier alpha value is -0.860. The Kier molecular flexibility index (Phi) is 5.45. The van der Waals surface area contributed by atoms with Gasteiger partial charge in [0.1, 0.15) is 0 Å². The summed E-state index contributed by atoms with van der Waals surface area (Å²) in [5.74, 6) is 0. The minimum Gasteiger partial charge on any atom is -0.388 e. The van der Waals surface area contributed by atoms with Crippen LogP contribution in [0.15, 0.2) is 12.1 Å². The molecule has 0 amide bonds. The topological polar surface area (TPSA) is 29.5 Å². The lowest BCUT2D eigenvalue weighted by Gasteiger charge is -2.42. The van der Waals surface area contributed by atoms with Gasteiger partial charge in [-0.1, -0.05) is 32.9 Å². The van der Waals surface area contributed by atoms with Crippen LogP contribution in [0.5, 0.6) is 0 Å². The van der Waals surface area contributed by atoms with Gasteiger partial charge in [-0.3, -0.25) is 0 Å². The van der Waals surface area contributed by atoms with E-state index < -0.39 is 6.10 Å². The van der Waals surface area contributed by atoms with Crippen molar-refractivity contribution in [1.82, 2.24) is 0 Å². The van der Waals surface area contributed by atoms with Crippen LogP contribution in [-0.4, -0.2) is 17.8 Å². The zero-order valence-corrected chi connectivity index (χ0v) is 14.0. The van der Waals surface area contributed by atoms with Gasteiger partial charge < -0.3 is 9.84 Å². The number of aliphatic hydroxyl groups excluding tert-OH is 1. The Morgan fingerprint density at radius 2 is 1.67 bits per heavy atom. The molecule has 118 valence electrons. The van der Waals surface area contributed by atoms with E-state index in [4.69, 9.17) is 4.74 Å². The van der Waals surface area contributed by atoms with Crippen LogP contribution in [0.2, 0.25) is 0 Å². The Morgan fingerprint density at radius 3 is 2.00 bits per heavy atom. The fraction of sp³-hybridized carbons (Fsp3) is 0.684. The molecule has 1 N–H and O–H groups in total. The molecule has 21 heavy (non-hydrogen) atoms. The van der Waals surface area contributed by atoms with E-state index in [1.54, 1.807) is 7.11 Å². The molecule has 2 heteroatoms. The maximum absolute atomic E-state index is 10.9. The summed E-state index contributed by atoms with van der Waals surface area (Å²) >= 11 is 0. The zero-order chi connectivity index (χ0) is 15.5. The monoisotopic (exact) mass is 290 g/mol. The Morgan fingerprint density at radius 1 is 1.10 bits per heavy atom. The molecule has 1 aliphatic rings. The highest BCUT2D eigenvalue weighted by molar-refractivity contribution is 5.41. The van der Waals surface area contributed by atoms with E-state index >= 15 is 0 Å². The van der Waals surface area contributed by atoms with Crippen LogP contribution in [0.1, 0.15) is 74.8 Å². The molecule has 1 aliphatic carbocycles. The molecule has 1 atom stereocenters. The van der Waals surface area contributed by atoms with Crippen molar-refractivity contribution in [3.63, 3.8) is 0 Å². The van der Waals surface area contributed by atoms with Crippen LogP contribution in [0, 0.1) is 0 Å². The van der Waals surface area contributed by atoms with Crippen LogP contribution in [-0.2, 0) is 24.0 Å². The summed E-state index contributed by atoms with van der Waals surface area (Å²) < 4.78 is 5.70. The van der Waals surface area contributed by atoms with Gasteiger partial charge in [0, 0.05) is 13.5 Å². The molecule has 0 aliphatic heterocycles. The van der Waals surface area contributed by atoms with E-state index in [0.717, 1.165) is 38.5 Å². The van der Waals surface area contributed by atoms with Gasteiger partial charge in [-0.2, -0.15) is 0 Å². The van der Waals surface area contributed by atoms with Crippen molar-refractivity contribution in [2.75, 3.05) is 7.11 Å². The van der Waals surface area contributed by atoms with E-state index in [1.807, 2.05) is 0 Å². The standard InChI is InChI=1S/C19H30O2/c1-5-14-11-15(6-2)18(16(7-3)12-14)17(20)13-19(21-4)9-8-10-19/h11-12,17,20H,5-10,13H2,1-4H3. The van der Waals surface area contributed by atoms with Gasteiger partial charge in [0.15, 0.2) is 0 Å². The van der Waals surface area contributed by atoms with Crippen LogP contribution >= 0.6 is 0 Å². The normalized spacial score (nSPS) is 18.3. The molecule has 0 aromatic heterocycles. The molecule has 1 fully saturated rings. The van der Waals surface area contributed by atoms with Crippen LogP contribution in [0.4, 0.5) is 0 Å². The van der Waals surface area contributed by atoms with E-state index in [2.05, 4.69) is 32.9 Å². The van der Waals surface area contributed by atoms with Gasteiger partial charge in [-0.15, -0.1) is 0 Å². The molecule has 0 heterocycles. The highest BCUT2D eigenvalue weighted by atomic mass is 16.5. The molecule has 0 radical (unpaired) electrons. The lowest BCUT2D eigenvalue weighted by atomic mass is 9.74. The number of methoxy groups -OCH3 is 1. The molecule has 0 saturated heterocycles. The number of ether oxygens (including phenoxy) is 1. The molecular formula is C19H30O2. The first-order chi connectivity index (χ1) is 10.1. The first-order valence-electron chi connectivity index (χ1n) is 8.46. The molecular weight excluding hydrogens is 260 g/mol. The third kappa shape index (κ3) is 3.32. The van der Waals surface area contributed by atoms with E-state index in [-0.39, 0.29) is 5.60 Å². The molecule has 0 bridgehead atoms. The van der Waals surface area contributed by atoms with Crippen molar-refractivity contribution < 1.29 is 9.84 Å². The van der Waals surface area contributed by atoms with Crippen molar-refractivity contribution in [1.29, 1.82) is 0 Å². The zero-order valence-electron chi connectivity index (χ0n) is 14.0. The summed E-state index contributed by atoms with van der Waals surface area (Å²) in [6.07, 6.45) is 6.72. The minimum absolute atomic E-state index is 0.0845. The number of aliphatic hydroxyl groups is 1. The third-order valence-electron chi connectivity index (χ3n) is 5.18. The molecule has 1 aromatic rings. The van der Waals surface area contributed by atoms with Gasteiger partial charge in [-0.05, 0) is 60.8 Å². The molecule has 1 saturated carbocycles. The first-order valence-corrected chi connectivity index (χ1v) is 8.46. The highest BCUT2D eigenvalue weighted by Gasteiger charge is 2.39. The summed E-state index contributed by atoms with van der Waals surface area (Å²) in [6.45, 7) is 6.55. The maximum Gasteiger partial charge on any atom is 0.0822 e. The SMILES string of the molecule is CCc1cc(CC)c(C(O)CC2(OC)CCC2)c(CC)c1. The predicted octanol–water partition coefficient (Wildman–Crippen LogP) is 4.37. The predicted molar refractivity (Wildman–Crippen MR) is 87.7 cm³/mol. The van der Waals surface area contributed by atoms with E-state index in [1.165, 1.54) is 28.7 Å². The molecule has 2 nitrogen and oxygen atoms in total. The summed E-state index contributed by atoms with van der Waals surface area (Å²) in [5, 5.41) is 10.9. The average molecular weight is 290 g/mol. The summed E-state index contributed by atoms with van der Waals surface area (Å²) in [7, 11) is 1.79. The third-order valence-corrected chi connectivity index (χ3v) is 5.18. The lowest BCUT2D eigenvalue weighted by molar-refractivity contribution is -0.100. The van der Waals surface area contributed by atoms with Crippen LogP contribution in [0.25, 0.3) is 0 Å². The molecule has 0 spiro atoms. The van der Waals surface area contributed by atoms with Crippen molar-refractivity contribution in [2.24, 2.45) is 0 Å². The van der Waals surface area contributed by atoms with Gasteiger partial charge >= 0.3 is 0 Å². The van der Waals surface area contributed by atoms with Gasteiger partial charge in [0.2, 0.25) is 0 Å². The molecule has 2 rings (SSSR count). The van der Waals surface area contributed by atoms with Crippen molar-refractivity contribution in [3.8, 4) is 0 Å².